The molecule has 0 radical (unpaired) electrons. The lowest BCUT2D eigenvalue weighted by molar-refractivity contribution is 0.184. The topological polar surface area (TPSA) is 46.8 Å². The molecule has 2 aromatic carbocycles. The van der Waals surface area contributed by atoms with E-state index in [2.05, 4.69) is 21.7 Å². The third-order valence-corrected chi connectivity index (χ3v) is 4.41. The SMILES string of the molecule is C=Nc1cc(-c2cc(COC)cnc2-c2ccc(F)c(C)c2)ccc1N=CC. The summed E-state index contributed by atoms with van der Waals surface area (Å²) in [6.45, 7) is 7.71. The number of hydrogen-bond donors (Lipinski definition) is 0. The molecule has 0 aliphatic carbocycles. The molecule has 0 fully saturated rings. The number of rotatable bonds is 6. The van der Waals surface area contributed by atoms with Crippen molar-refractivity contribution in [3.05, 3.63) is 65.6 Å². The van der Waals surface area contributed by atoms with Crippen molar-refractivity contribution >= 4 is 24.3 Å². The van der Waals surface area contributed by atoms with E-state index in [1.165, 1.54) is 6.07 Å². The number of hydrogen-bond acceptors (Lipinski definition) is 4. The molecule has 0 bridgehead atoms. The van der Waals surface area contributed by atoms with E-state index in [0.29, 0.717) is 17.9 Å². The number of benzene rings is 2. The normalized spacial score (nSPS) is 11.1. The molecule has 0 unspecified atom stereocenters. The van der Waals surface area contributed by atoms with Crippen LogP contribution in [0.5, 0.6) is 0 Å². The lowest BCUT2D eigenvalue weighted by Gasteiger charge is -2.13. The molecule has 0 atom stereocenters. The van der Waals surface area contributed by atoms with Crippen molar-refractivity contribution in [1.82, 2.24) is 4.98 Å². The quantitative estimate of drug-likeness (QED) is 0.491. The maximum absolute atomic E-state index is 13.7. The van der Waals surface area contributed by atoms with Crippen LogP contribution in [0.15, 0.2) is 58.6 Å². The largest absolute Gasteiger partial charge is 0.380 e. The Morgan fingerprint density at radius 1 is 1.11 bits per heavy atom. The Hall–Kier alpha value is -3.18. The Bertz CT molecular complexity index is 1040. The van der Waals surface area contributed by atoms with Crippen molar-refractivity contribution in [2.75, 3.05) is 7.11 Å². The molecule has 0 aliphatic heterocycles. The Kier molecular flexibility index (Phi) is 6.06. The van der Waals surface area contributed by atoms with Gasteiger partial charge < -0.3 is 4.74 Å². The van der Waals surface area contributed by atoms with E-state index in [4.69, 9.17) is 4.74 Å². The zero-order valence-corrected chi connectivity index (χ0v) is 16.2. The Morgan fingerprint density at radius 3 is 2.57 bits per heavy atom. The van der Waals surface area contributed by atoms with Gasteiger partial charge in [0.15, 0.2) is 0 Å². The molecule has 0 spiro atoms. The first kappa shape index (κ1) is 19.6. The molecule has 0 amide bonds. The van der Waals surface area contributed by atoms with Crippen molar-refractivity contribution < 1.29 is 9.13 Å². The maximum Gasteiger partial charge on any atom is 0.126 e. The average Bonchev–Trinajstić information content (AvgIpc) is 2.71. The lowest BCUT2D eigenvalue weighted by Crippen LogP contribution is -1.96. The van der Waals surface area contributed by atoms with E-state index < -0.39 is 0 Å². The minimum Gasteiger partial charge on any atom is -0.380 e. The smallest absolute Gasteiger partial charge is 0.126 e. The molecule has 5 heteroatoms. The second-order valence-corrected chi connectivity index (χ2v) is 6.39. The number of nitrogens with zero attached hydrogens (tertiary/aromatic N) is 3. The van der Waals surface area contributed by atoms with Crippen LogP contribution in [0.4, 0.5) is 15.8 Å². The zero-order chi connectivity index (χ0) is 20.1. The van der Waals surface area contributed by atoms with E-state index in [1.807, 2.05) is 31.2 Å². The molecule has 1 aromatic heterocycles. The number of pyridine rings is 1. The van der Waals surface area contributed by atoms with E-state index >= 15 is 0 Å². The first-order valence-electron chi connectivity index (χ1n) is 8.91. The average molecular weight is 375 g/mol. The fourth-order valence-electron chi connectivity index (χ4n) is 3.06. The Balaban J connectivity index is 2.21. The van der Waals surface area contributed by atoms with Crippen LogP contribution in [0.25, 0.3) is 22.4 Å². The summed E-state index contributed by atoms with van der Waals surface area (Å²) in [5.74, 6) is -0.235. The lowest BCUT2D eigenvalue weighted by atomic mass is 9.96. The van der Waals surface area contributed by atoms with Crippen molar-refractivity contribution in [3.8, 4) is 22.4 Å². The van der Waals surface area contributed by atoms with Crippen LogP contribution < -0.4 is 0 Å². The van der Waals surface area contributed by atoms with Crippen LogP contribution >= 0.6 is 0 Å². The predicted octanol–water partition coefficient (Wildman–Crippen LogP) is 6.06. The molecular weight excluding hydrogens is 353 g/mol. The van der Waals surface area contributed by atoms with E-state index in [1.54, 1.807) is 38.6 Å². The second kappa shape index (κ2) is 8.67. The monoisotopic (exact) mass is 375 g/mol. The molecular formula is C23H22FN3O. The third-order valence-electron chi connectivity index (χ3n) is 4.41. The van der Waals surface area contributed by atoms with E-state index in [9.17, 15) is 4.39 Å². The van der Waals surface area contributed by atoms with Crippen LogP contribution in [-0.4, -0.2) is 25.0 Å². The van der Waals surface area contributed by atoms with Crippen LogP contribution in [0, 0.1) is 12.7 Å². The molecule has 142 valence electrons. The van der Waals surface area contributed by atoms with Gasteiger partial charge in [-0.1, -0.05) is 6.07 Å². The first-order valence-corrected chi connectivity index (χ1v) is 8.91. The molecule has 0 saturated carbocycles. The Labute approximate surface area is 164 Å². The van der Waals surface area contributed by atoms with Crippen LogP contribution in [0.3, 0.4) is 0 Å². The number of methoxy groups -OCH3 is 1. The van der Waals surface area contributed by atoms with Crippen LogP contribution in [0.2, 0.25) is 0 Å². The van der Waals surface area contributed by atoms with Gasteiger partial charge in [-0.05, 0) is 73.7 Å². The van der Waals surface area contributed by atoms with Gasteiger partial charge in [0.25, 0.3) is 0 Å². The van der Waals surface area contributed by atoms with Crippen LogP contribution in [0.1, 0.15) is 18.1 Å². The standard InChI is InChI=1S/C23H22FN3O/c1-5-26-21-9-7-17(12-22(21)25-3)19-11-16(14-28-4)13-27-23(19)18-6-8-20(24)15(2)10-18/h5-13H,3,14H2,1-2,4H3. The summed E-state index contributed by atoms with van der Waals surface area (Å²) in [4.78, 5) is 13.1. The van der Waals surface area contributed by atoms with Crippen molar-refractivity contribution in [1.29, 1.82) is 0 Å². The second-order valence-electron chi connectivity index (χ2n) is 6.39. The van der Waals surface area contributed by atoms with Crippen LogP contribution in [-0.2, 0) is 11.3 Å². The highest BCUT2D eigenvalue weighted by molar-refractivity contribution is 5.85. The predicted molar refractivity (Wildman–Crippen MR) is 114 cm³/mol. The third kappa shape index (κ3) is 4.05. The number of aryl methyl sites for hydroxylation is 1. The molecule has 0 N–H and O–H groups in total. The summed E-state index contributed by atoms with van der Waals surface area (Å²) in [6, 6.07) is 12.9. The fraction of sp³-hybridized carbons (Fsp3) is 0.174. The van der Waals surface area contributed by atoms with Gasteiger partial charge in [0, 0.05) is 30.6 Å². The van der Waals surface area contributed by atoms with Crippen molar-refractivity contribution in [2.24, 2.45) is 9.98 Å². The molecule has 0 saturated heterocycles. The minimum absolute atomic E-state index is 0.235. The minimum atomic E-state index is -0.235. The van der Waals surface area contributed by atoms with Gasteiger partial charge in [-0.25, -0.2) is 4.39 Å². The summed E-state index contributed by atoms with van der Waals surface area (Å²) in [5, 5.41) is 0. The van der Waals surface area contributed by atoms with E-state index in [-0.39, 0.29) is 5.82 Å². The molecule has 0 aliphatic rings. The number of aromatic nitrogens is 1. The zero-order valence-electron chi connectivity index (χ0n) is 16.2. The maximum atomic E-state index is 13.7. The summed E-state index contributed by atoms with van der Waals surface area (Å²) in [5.41, 5.74) is 6.43. The highest BCUT2D eigenvalue weighted by Crippen LogP contribution is 2.37. The number of aliphatic imine (C=N–C) groups is 2. The molecule has 3 aromatic rings. The van der Waals surface area contributed by atoms with Crippen molar-refractivity contribution in [3.63, 3.8) is 0 Å². The van der Waals surface area contributed by atoms with Gasteiger partial charge in [0.1, 0.15) is 5.82 Å². The summed E-state index contributed by atoms with van der Waals surface area (Å²) >= 11 is 0. The highest BCUT2D eigenvalue weighted by atomic mass is 19.1. The highest BCUT2D eigenvalue weighted by Gasteiger charge is 2.13. The van der Waals surface area contributed by atoms with E-state index in [0.717, 1.165) is 33.6 Å². The van der Waals surface area contributed by atoms with Gasteiger partial charge >= 0.3 is 0 Å². The van der Waals surface area contributed by atoms with Gasteiger partial charge in [-0.2, -0.15) is 0 Å². The Morgan fingerprint density at radius 2 is 1.89 bits per heavy atom. The molecule has 28 heavy (non-hydrogen) atoms. The van der Waals surface area contributed by atoms with Gasteiger partial charge in [-0.3, -0.25) is 15.0 Å². The molecule has 3 rings (SSSR count). The fourth-order valence-corrected chi connectivity index (χ4v) is 3.06. The van der Waals surface area contributed by atoms with Gasteiger partial charge in [0.05, 0.1) is 23.7 Å². The molecule has 4 nitrogen and oxygen atoms in total. The van der Waals surface area contributed by atoms with Gasteiger partial charge in [-0.15, -0.1) is 0 Å². The summed E-state index contributed by atoms with van der Waals surface area (Å²) in [6.07, 6.45) is 3.50. The van der Waals surface area contributed by atoms with Gasteiger partial charge in [0.2, 0.25) is 0 Å². The summed E-state index contributed by atoms with van der Waals surface area (Å²) < 4.78 is 19.0. The summed E-state index contributed by atoms with van der Waals surface area (Å²) in [7, 11) is 1.65. The molecule has 1 heterocycles. The number of ether oxygens (including phenoxy) is 1. The number of halogens is 1. The van der Waals surface area contributed by atoms with Crippen molar-refractivity contribution in [2.45, 2.75) is 20.5 Å². The first-order chi connectivity index (χ1) is 13.6.